The number of ether oxygens (including phenoxy) is 1. The van der Waals surface area contributed by atoms with Crippen LogP contribution in [-0.4, -0.2) is 58.0 Å². The summed E-state index contributed by atoms with van der Waals surface area (Å²) in [6, 6.07) is -1.15. The SMILES string of the molecule is CC(=O)C(=O)N[C@@H]1/C=C(C)\C=C/[C@@H](O)C/C=C(C)\C=C/[C@@H](O)C[C@@H]2OC(=O)[C@]1(C)C(=O)[C@@H]2C. The first-order valence-corrected chi connectivity index (χ1v) is 11.0. The third-order valence-electron chi connectivity index (χ3n) is 6.14. The molecule has 0 saturated carbocycles. The molecule has 0 aromatic rings. The second kappa shape index (κ2) is 10.9. The van der Waals surface area contributed by atoms with Gasteiger partial charge in [0.15, 0.2) is 5.78 Å². The van der Waals surface area contributed by atoms with Crippen molar-refractivity contribution in [3.8, 4) is 0 Å². The molecule has 2 bridgehead atoms. The molecule has 0 aromatic heterocycles. The van der Waals surface area contributed by atoms with Crippen molar-refractivity contribution in [2.75, 3.05) is 0 Å². The van der Waals surface area contributed by atoms with Gasteiger partial charge in [0.2, 0.25) is 5.78 Å². The highest BCUT2D eigenvalue weighted by Crippen LogP contribution is 2.38. The number of carbonyl (C=O) groups excluding carboxylic acids is 4. The quantitative estimate of drug-likeness (QED) is 0.326. The van der Waals surface area contributed by atoms with Gasteiger partial charge in [-0.15, -0.1) is 0 Å². The minimum Gasteiger partial charge on any atom is -0.461 e. The summed E-state index contributed by atoms with van der Waals surface area (Å²) in [5.41, 5.74) is -0.371. The van der Waals surface area contributed by atoms with Crippen LogP contribution >= 0.6 is 0 Å². The molecule has 3 rings (SSSR count). The molecule has 8 heteroatoms. The molecule has 8 nitrogen and oxygen atoms in total. The number of allylic oxidation sites excluding steroid dienone is 4. The number of hydrogen-bond donors (Lipinski definition) is 3. The van der Waals surface area contributed by atoms with Crippen LogP contribution in [0.2, 0.25) is 0 Å². The van der Waals surface area contributed by atoms with Crippen molar-refractivity contribution in [3.05, 3.63) is 47.6 Å². The second-order valence-electron chi connectivity index (χ2n) is 8.99. The summed E-state index contributed by atoms with van der Waals surface area (Å²) < 4.78 is 5.59. The molecule has 2 aliphatic heterocycles. The topological polar surface area (TPSA) is 130 Å². The van der Waals surface area contributed by atoms with Gasteiger partial charge in [-0.25, -0.2) is 0 Å². The van der Waals surface area contributed by atoms with Gasteiger partial charge in [-0.05, 0) is 27.2 Å². The molecule has 3 aliphatic rings. The number of amides is 1. The Kier molecular flexibility index (Phi) is 8.69. The van der Waals surface area contributed by atoms with Crippen molar-refractivity contribution < 1.29 is 34.1 Å². The van der Waals surface area contributed by atoms with Crippen molar-refractivity contribution in [2.45, 2.75) is 71.8 Å². The van der Waals surface area contributed by atoms with Crippen LogP contribution in [0.4, 0.5) is 0 Å². The van der Waals surface area contributed by atoms with Crippen LogP contribution in [0.5, 0.6) is 0 Å². The minimum atomic E-state index is -1.78. The second-order valence-corrected chi connectivity index (χ2v) is 8.99. The van der Waals surface area contributed by atoms with E-state index in [-0.39, 0.29) is 6.42 Å². The average Bonchev–Trinajstić information content (AvgIpc) is 2.75. The standard InChI is InChI=1S/C25H33NO7/c1-14-6-9-18(28)10-8-15(2)12-21(26-23(31)17(4)27)25(5)22(30)16(3)20(33-24(25)32)13-19(29)11-7-14/h6-8,10-12,16,18-21,28-29H,9,13H2,1-5H3,(H,26,31)/b10-8-,11-7-,14-6-,15-12-/t16-,18+,19-,20+,21-,25+/m1/s1. The smallest absolute Gasteiger partial charge is 0.322 e. The van der Waals surface area contributed by atoms with Crippen LogP contribution in [0.1, 0.15) is 47.5 Å². The molecule has 0 spiro atoms. The molecular formula is C25H33NO7. The fraction of sp³-hybridized carbons (Fsp3) is 0.520. The third-order valence-corrected chi connectivity index (χ3v) is 6.14. The molecule has 1 amide bonds. The Labute approximate surface area is 194 Å². The number of fused-ring (bicyclic) bond motifs is 10. The molecule has 1 aliphatic carbocycles. The van der Waals surface area contributed by atoms with Gasteiger partial charge < -0.3 is 20.3 Å². The largest absolute Gasteiger partial charge is 0.461 e. The molecule has 0 radical (unpaired) electrons. The Bertz CT molecular complexity index is 929. The van der Waals surface area contributed by atoms with Crippen molar-refractivity contribution in [2.24, 2.45) is 11.3 Å². The summed E-state index contributed by atoms with van der Waals surface area (Å²) in [7, 11) is 0. The van der Waals surface area contributed by atoms with E-state index in [9.17, 15) is 29.4 Å². The third kappa shape index (κ3) is 6.36. The van der Waals surface area contributed by atoms with Gasteiger partial charge in [-0.2, -0.15) is 0 Å². The van der Waals surface area contributed by atoms with E-state index in [2.05, 4.69) is 5.32 Å². The Hall–Kier alpha value is -2.84. The van der Waals surface area contributed by atoms with E-state index in [1.165, 1.54) is 13.0 Å². The number of hydrogen-bond acceptors (Lipinski definition) is 7. The van der Waals surface area contributed by atoms with E-state index >= 15 is 0 Å². The summed E-state index contributed by atoms with van der Waals surface area (Å²) >= 11 is 0. The molecular weight excluding hydrogens is 426 g/mol. The summed E-state index contributed by atoms with van der Waals surface area (Å²) in [5, 5.41) is 23.1. The predicted octanol–water partition coefficient (Wildman–Crippen LogP) is 1.72. The Morgan fingerprint density at radius 2 is 1.70 bits per heavy atom. The van der Waals surface area contributed by atoms with Gasteiger partial charge in [0.25, 0.3) is 5.91 Å². The van der Waals surface area contributed by atoms with Gasteiger partial charge in [0.1, 0.15) is 11.5 Å². The van der Waals surface area contributed by atoms with Gasteiger partial charge in [0.05, 0.1) is 24.2 Å². The van der Waals surface area contributed by atoms with Crippen LogP contribution in [0.25, 0.3) is 0 Å². The number of Topliss-reactive ketones (excluding diaryl/α,β-unsaturated/α-hetero) is 2. The molecule has 0 aromatic carbocycles. The maximum absolute atomic E-state index is 13.4. The van der Waals surface area contributed by atoms with Gasteiger partial charge in [0, 0.05) is 13.3 Å². The van der Waals surface area contributed by atoms with Gasteiger partial charge >= 0.3 is 5.97 Å². The van der Waals surface area contributed by atoms with Crippen LogP contribution in [-0.2, 0) is 23.9 Å². The lowest BCUT2D eigenvalue weighted by atomic mass is 9.69. The number of ketones is 2. The Balaban J connectivity index is 2.57. The molecule has 1 fully saturated rings. The predicted molar refractivity (Wildman–Crippen MR) is 122 cm³/mol. The van der Waals surface area contributed by atoms with Crippen LogP contribution in [0, 0.1) is 11.3 Å². The maximum Gasteiger partial charge on any atom is 0.322 e. The van der Waals surface area contributed by atoms with E-state index < -0.39 is 59.1 Å². The highest BCUT2D eigenvalue weighted by Gasteiger charge is 2.56. The van der Waals surface area contributed by atoms with Crippen LogP contribution in [0.3, 0.4) is 0 Å². The van der Waals surface area contributed by atoms with E-state index in [1.807, 2.05) is 13.0 Å². The maximum atomic E-state index is 13.4. The van der Waals surface area contributed by atoms with E-state index in [0.717, 1.165) is 12.5 Å². The van der Waals surface area contributed by atoms with Crippen LogP contribution < -0.4 is 5.32 Å². The zero-order valence-corrected chi connectivity index (χ0v) is 19.7. The van der Waals surface area contributed by atoms with E-state index in [1.54, 1.807) is 38.2 Å². The summed E-state index contributed by atoms with van der Waals surface area (Å²) in [5.74, 6) is -3.74. The number of carbonyl (C=O) groups is 4. The van der Waals surface area contributed by atoms with Crippen molar-refractivity contribution in [1.82, 2.24) is 5.32 Å². The van der Waals surface area contributed by atoms with Gasteiger partial charge in [-0.3, -0.25) is 19.2 Å². The number of rotatable bonds is 2. The fourth-order valence-corrected chi connectivity index (χ4v) is 3.85. The molecule has 180 valence electrons. The monoisotopic (exact) mass is 459 g/mol. The fourth-order valence-electron chi connectivity index (χ4n) is 3.85. The highest BCUT2D eigenvalue weighted by atomic mass is 16.5. The normalized spacial score (nSPS) is 38.7. The minimum absolute atomic E-state index is 0.0298. The first kappa shape index (κ1) is 26.4. The Morgan fingerprint density at radius 3 is 2.33 bits per heavy atom. The average molecular weight is 460 g/mol. The zero-order valence-electron chi connectivity index (χ0n) is 19.7. The zero-order chi connectivity index (χ0) is 24.9. The molecule has 3 N–H and O–H groups in total. The van der Waals surface area contributed by atoms with Gasteiger partial charge in [-0.1, -0.05) is 54.5 Å². The first-order chi connectivity index (χ1) is 15.4. The van der Waals surface area contributed by atoms with E-state index in [4.69, 9.17) is 4.74 Å². The lowest BCUT2D eigenvalue weighted by Crippen LogP contribution is -2.61. The molecule has 33 heavy (non-hydrogen) atoms. The summed E-state index contributed by atoms with van der Waals surface area (Å²) in [6.07, 6.45) is 7.54. The molecule has 1 saturated heterocycles. The number of nitrogens with one attached hydrogen (secondary N) is 1. The number of esters is 1. The summed E-state index contributed by atoms with van der Waals surface area (Å²) in [6.45, 7) is 7.62. The van der Waals surface area contributed by atoms with Crippen molar-refractivity contribution in [3.63, 3.8) is 0 Å². The van der Waals surface area contributed by atoms with Crippen molar-refractivity contribution in [1.29, 1.82) is 0 Å². The molecule has 6 atom stereocenters. The lowest BCUT2D eigenvalue weighted by Gasteiger charge is -2.42. The van der Waals surface area contributed by atoms with Crippen LogP contribution in [0.15, 0.2) is 47.6 Å². The molecule has 0 unspecified atom stereocenters. The number of aliphatic hydroxyl groups is 2. The first-order valence-electron chi connectivity index (χ1n) is 11.0. The summed E-state index contributed by atoms with van der Waals surface area (Å²) in [4.78, 5) is 50.3. The molecule has 2 heterocycles. The highest BCUT2D eigenvalue weighted by molar-refractivity contribution is 6.35. The lowest BCUT2D eigenvalue weighted by molar-refractivity contribution is -0.181. The Morgan fingerprint density at radius 1 is 1.09 bits per heavy atom. The van der Waals surface area contributed by atoms with Crippen molar-refractivity contribution >= 4 is 23.4 Å². The number of aliphatic hydroxyl groups excluding tert-OH is 2. The van der Waals surface area contributed by atoms with E-state index in [0.29, 0.717) is 12.0 Å².